The van der Waals surface area contributed by atoms with Crippen molar-refractivity contribution in [2.24, 2.45) is 0 Å². The summed E-state index contributed by atoms with van der Waals surface area (Å²) in [6.07, 6.45) is 3.21. The van der Waals surface area contributed by atoms with Crippen LogP contribution in [-0.2, 0) is 6.54 Å². The smallest absolute Gasteiger partial charge is 0.318 e. The number of likely N-dealkylation sites (N-methyl/N-ethyl adjacent to an activating group) is 1. The standard InChI is InChI=1S/C26H29N5O2/c1-29-16-17-31(24(19-29)21-6-4-3-5-7-21)26(33)28-18-20-8-10-23(11-9-20)30(2)25(32)22-12-14-27-15-13-22/h3-15,24H,16-19H2,1-2H3,(H,28,33). The zero-order valence-electron chi connectivity index (χ0n) is 19.0. The van der Waals surface area contributed by atoms with Crippen LogP contribution in [0.1, 0.15) is 27.5 Å². The lowest BCUT2D eigenvalue weighted by Crippen LogP contribution is -2.52. The molecule has 7 nitrogen and oxygen atoms in total. The minimum absolute atomic E-state index is 0.0279. The van der Waals surface area contributed by atoms with E-state index in [-0.39, 0.29) is 18.0 Å². The lowest BCUT2D eigenvalue weighted by molar-refractivity contribution is 0.0992. The molecule has 7 heteroatoms. The van der Waals surface area contributed by atoms with Gasteiger partial charge in [-0.2, -0.15) is 0 Å². The number of anilines is 1. The molecule has 1 N–H and O–H groups in total. The number of hydrogen-bond donors (Lipinski definition) is 1. The van der Waals surface area contributed by atoms with Crippen LogP contribution in [0.2, 0.25) is 0 Å². The summed E-state index contributed by atoms with van der Waals surface area (Å²) in [4.78, 5) is 35.4. The van der Waals surface area contributed by atoms with E-state index in [1.54, 1.807) is 36.5 Å². The summed E-state index contributed by atoms with van der Waals surface area (Å²) in [5.74, 6) is -0.0968. The van der Waals surface area contributed by atoms with Gasteiger partial charge in [0.1, 0.15) is 0 Å². The van der Waals surface area contributed by atoms with E-state index >= 15 is 0 Å². The van der Waals surface area contributed by atoms with Crippen LogP contribution in [0.3, 0.4) is 0 Å². The third kappa shape index (κ3) is 5.38. The van der Waals surface area contributed by atoms with E-state index in [1.165, 1.54) is 0 Å². The molecule has 2 heterocycles. The highest BCUT2D eigenvalue weighted by molar-refractivity contribution is 6.05. The first-order valence-electron chi connectivity index (χ1n) is 11.1. The van der Waals surface area contributed by atoms with E-state index in [4.69, 9.17) is 0 Å². The van der Waals surface area contributed by atoms with Crippen LogP contribution in [0.4, 0.5) is 10.5 Å². The van der Waals surface area contributed by atoms with Crippen LogP contribution in [0.5, 0.6) is 0 Å². The monoisotopic (exact) mass is 443 g/mol. The van der Waals surface area contributed by atoms with Gasteiger partial charge < -0.3 is 20.0 Å². The number of amides is 3. The molecule has 2 aromatic carbocycles. The van der Waals surface area contributed by atoms with Crippen LogP contribution >= 0.6 is 0 Å². The molecule has 0 bridgehead atoms. The van der Waals surface area contributed by atoms with E-state index in [0.717, 1.165) is 29.9 Å². The highest BCUT2D eigenvalue weighted by Crippen LogP contribution is 2.25. The van der Waals surface area contributed by atoms with Crippen LogP contribution in [0.25, 0.3) is 0 Å². The van der Waals surface area contributed by atoms with Crippen molar-refractivity contribution in [2.75, 3.05) is 38.6 Å². The molecule has 1 aliphatic rings. The van der Waals surface area contributed by atoms with Gasteiger partial charge in [0, 0.05) is 56.9 Å². The van der Waals surface area contributed by atoms with Gasteiger partial charge in [0.15, 0.2) is 0 Å². The Morgan fingerprint density at radius 1 is 1.00 bits per heavy atom. The lowest BCUT2D eigenvalue weighted by Gasteiger charge is -2.40. The summed E-state index contributed by atoms with van der Waals surface area (Å²) < 4.78 is 0. The first kappa shape index (κ1) is 22.5. The summed E-state index contributed by atoms with van der Waals surface area (Å²) in [7, 11) is 3.83. The maximum absolute atomic E-state index is 13.0. The number of benzene rings is 2. The van der Waals surface area contributed by atoms with Gasteiger partial charge in [-0.25, -0.2) is 4.79 Å². The second-order valence-electron chi connectivity index (χ2n) is 8.31. The predicted molar refractivity (Wildman–Crippen MR) is 129 cm³/mol. The van der Waals surface area contributed by atoms with Gasteiger partial charge in [-0.3, -0.25) is 9.78 Å². The molecular formula is C26H29N5O2. The van der Waals surface area contributed by atoms with Crippen molar-refractivity contribution >= 4 is 17.6 Å². The quantitative estimate of drug-likeness (QED) is 0.655. The van der Waals surface area contributed by atoms with Crippen molar-refractivity contribution in [3.63, 3.8) is 0 Å². The predicted octanol–water partition coefficient (Wildman–Crippen LogP) is 3.56. The number of hydrogen-bond acceptors (Lipinski definition) is 4. The highest BCUT2D eigenvalue weighted by atomic mass is 16.2. The van der Waals surface area contributed by atoms with Crippen molar-refractivity contribution in [3.05, 3.63) is 95.8 Å². The number of carbonyl (C=O) groups is 2. The molecular weight excluding hydrogens is 414 g/mol. The average molecular weight is 444 g/mol. The SMILES string of the molecule is CN1CCN(C(=O)NCc2ccc(N(C)C(=O)c3ccncc3)cc2)C(c2ccccc2)C1. The molecule has 1 fully saturated rings. The minimum atomic E-state index is -0.0968. The Labute approximate surface area is 194 Å². The number of nitrogens with one attached hydrogen (secondary N) is 1. The Balaban J connectivity index is 1.37. The first-order chi connectivity index (χ1) is 16.0. The fourth-order valence-corrected chi connectivity index (χ4v) is 4.04. The molecule has 1 aromatic heterocycles. The molecule has 33 heavy (non-hydrogen) atoms. The summed E-state index contributed by atoms with van der Waals surface area (Å²) in [5.41, 5.74) is 3.49. The van der Waals surface area contributed by atoms with E-state index in [1.807, 2.05) is 47.4 Å². The highest BCUT2D eigenvalue weighted by Gasteiger charge is 2.30. The summed E-state index contributed by atoms with van der Waals surface area (Å²) in [6.45, 7) is 2.77. The maximum atomic E-state index is 13.0. The van der Waals surface area contributed by atoms with Gasteiger partial charge in [-0.1, -0.05) is 42.5 Å². The van der Waals surface area contributed by atoms with Crippen molar-refractivity contribution in [1.29, 1.82) is 0 Å². The number of nitrogens with zero attached hydrogens (tertiary/aromatic N) is 4. The number of pyridine rings is 1. The number of urea groups is 1. The van der Waals surface area contributed by atoms with Gasteiger partial charge >= 0.3 is 6.03 Å². The zero-order valence-corrected chi connectivity index (χ0v) is 19.0. The van der Waals surface area contributed by atoms with Crippen LogP contribution < -0.4 is 10.2 Å². The van der Waals surface area contributed by atoms with E-state index in [9.17, 15) is 9.59 Å². The molecule has 1 saturated heterocycles. The normalized spacial score (nSPS) is 16.3. The Morgan fingerprint density at radius 3 is 2.39 bits per heavy atom. The third-order valence-electron chi connectivity index (χ3n) is 6.03. The minimum Gasteiger partial charge on any atom is -0.334 e. The van der Waals surface area contributed by atoms with Crippen molar-refractivity contribution in [1.82, 2.24) is 20.1 Å². The van der Waals surface area contributed by atoms with Gasteiger partial charge in [-0.15, -0.1) is 0 Å². The molecule has 0 aliphatic carbocycles. The van der Waals surface area contributed by atoms with Gasteiger partial charge in [0.25, 0.3) is 5.91 Å². The summed E-state index contributed by atoms with van der Waals surface area (Å²) in [6, 6.07) is 21.2. The van der Waals surface area contributed by atoms with Gasteiger partial charge in [0.2, 0.25) is 0 Å². The summed E-state index contributed by atoms with van der Waals surface area (Å²) >= 11 is 0. The van der Waals surface area contributed by atoms with E-state index < -0.39 is 0 Å². The first-order valence-corrected chi connectivity index (χ1v) is 11.1. The molecule has 1 aliphatic heterocycles. The molecule has 1 atom stereocenters. The van der Waals surface area contributed by atoms with Crippen LogP contribution in [0, 0.1) is 0 Å². The Kier molecular flexibility index (Phi) is 7.00. The maximum Gasteiger partial charge on any atom is 0.318 e. The second-order valence-corrected chi connectivity index (χ2v) is 8.31. The third-order valence-corrected chi connectivity index (χ3v) is 6.03. The Hall–Kier alpha value is -3.71. The lowest BCUT2D eigenvalue weighted by atomic mass is 10.0. The van der Waals surface area contributed by atoms with E-state index in [0.29, 0.717) is 18.7 Å². The van der Waals surface area contributed by atoms with E-state index in [2.05, 4.69) is 34.4 Å². The second kappa shape index (κ2) is 10.3. The number of aromatic nitrogens is 1. The number of rotatable bonds is 5. The molecule has 1 unspecified atom stereocenters. The topological polar surface area (TPSA) is 68.8 Å². The van der Waals surface area contributed by atoms with Gasteiger partial charge in [0.05, 0.1) is 6.04 Å². The van der Waals surface area contributed by atoms with Crippen molar-refractivity contribution < 1.29 is 9.59 Å². The van der Waals surface area contributed by atoms with Crippen molar-refractivity contribution in [3.8, 4) is 0 Å². The molecule has 170 valence electrons. The number of piperazine rings is 1. The molecule has 0 radical (unpaired) electrons. The van der Waals surface area contributed by atoms with Crippen LogP contribution in [0.15, 0.2) is 79.1 Å². The van der Waals surface area contributed by atoms with Crippen LogP contribution in [-0.4, -0.2) is 60.5 Å². The Bertz CT molecular complexity index is 1070. The van der Waals surface area contributed by atoms with Crippen molar-refractivity contribution in [2.45, 2.75) is 12.6 Å². The molecule has 4 rings (SSSR count). The Morgan fingerprint density at radius 2 is 1.70 bits per heavy atom. The fraction of sp³-hybridized carbons (Fsp3) is 0.269. The number of carbonyl (C=O) groups excluding carboxylic acids is 2. The van der Waals surface area contributed by atoms with Gasteiger partial charge in [-0.05, 0) is 42.4 Å². The average Bonchev–Trinajstić information content (AvgIpc) is 2.87. The molecule has 3 amide bonds. The largest absolute Gasteiger partial charge is 0.334 e. The molecule has 0 saturated carbocycles. The zero-order chi connectivity index (χ0) is 23.2. The fourth-order valence-electron chi connectivity index (χ4n) is 4.04. The molecule has 3 aromatic rings. The molecule has 0 spiro atoms. The summed E-state index contributed by atoms with van der Waals surface area (Å²) in [5, 5.41) is 3.06.